The molecule has 2 heterocycles. The van der Waals surface area contributed by atoms with Gasteiger partial charge in [0.05, 0.1) is 10.6 Å². The normalized spacial score (nSPS) is 27.0. The molecule has 0 radical (unpaired) electrons. The van der Waals surface area contributed by atoms with Gasteiger partial charge in [-0.25, -0.2) is 23.1 Å². The molecule has 0 bridgehead atoms. The highest BCUT2D eigenvalue weighted by atomic mass is 32.2. The average molecular weight is 363 g/mol. The monoisotopic (exact) mass is 363 g/mol. The summed E-state index contributed by atoms with van der Waals surface area (Å²) < 4.78 is 27.5. The number of fused-ring (bicyclic) bond motifs is 1. The zero-order valence-electron chi connectivity index (χ0n) is 14.6. The summed E-state index contributed by atoms with van der Waals surface area (Å²) in [6, 6.07) is 2.28. The lowest BCUT2D eigenvalue weighted by atomic mass is 9.99. The van der Waals surface area contributed by atoms with Gasteiger partial charge in [0, 0.05) is 25.3 Å². The molecule has 2 aliphatic carbocycles. The van der Waals surface area contributed by atoms with Gasteiger partial charge in [0.2, 0.25) is 10.0 Å². The number of aromatic amines is 1. The molecule has 8 heteroatoms. The van der Waals surface area contributed by atoms with Crippen LogP contribution in [0.4, 0.5) is 5.82 Å². The minimum absolute atomic E-state index is 0.0200. The third-order valence-corrected chi connectivity index (χ3v) is 7.65. The fourth-order valence-electron chi connectivity index (χ4n) is 4.12. The van der Waals surface area contributed by atoms with Crippen molar-refractivity contribution >= 4 is 26.9 Å². The molecule has 136 valence electrons. The van der Waals surface area contributed by atoms with Crippen LogP contribution in [0.1, 0.15) is 39.0 Å². The third-order valence-electron chi connectivity index (χ3n) is 5.64. The summed E-state index contributed by atoms with van der Waals surface area (Å²) in [5.41, 5.74) is 0.828. The van der Waals surface area contributed by atoms with Crippen LogP contribution in [0.25, 0.3) is 11.0 Å². The van der Waals surface area contributed by atoms with E-state index in [0.29, 0.717) is 5.92 Å². The van der Waals surface area contributed by atoms with Crippen LogP contribution < -0.4 is 9.62 Å². The molecule has 2 aromatic heterocycles. The van der Waals surface area contributed by atoms with E-state index in [-0.39, 0.29) is 17.3 Å². The Balaban J connectivity index is 1.55. The fourth-order valence-corrected chi connectivity index (χ4v) is 5.72. The van der Waals surface area contributed by atoms with Gasteiger partial charge in [0.15, 0.2) is 0 Å². The predicted octanol–water partition coefficient (Wildman–Crippen LogP) is 2.03. The van der Waals surface area contributed by atoms with Gasteiger partial charge in [-0.3, -0.25) is 0 Å². The van der Waals surface area contributed by atoms with E-state index < -0.39 is 10.0 Å². The average Bonchev–Trinajstić information content (AvgIpc) is 3.22. The van der Waals surface area contributed by atoms with E-state index in [1.165, 1.54) is 0 Å². The maximum atomic E-state index is 12.3. The maximum absolute atomic E-state index is 12.3. The first-order valence-electron chi connectivity index (χ1n) is 9.01. The molecule has 0 saturated heterocycles. The molecule has 25 heavy (non-hydrogen) atoms. The molecule has 2 saturated carbocycles. The van der Waals surface area contributed by atoms with Crippen LogP contribution in [0.2, 0.25) is 0 Å². The zero-order chi connectivity index (χ0) is 17.6. The Morgan fingerprint density at radius 2 is 2.12 bits per heavy atom. The molecular formula is C17H25N5O2S. The second-order valence-electron chi connectivity index (χ2n) is 7.31. The maximum Gasteiger partial charge on any atom is 0.214 e. The van der Waals surface area contributed by atoms with E-state index in [0.717, 1.165) is 49.0 Å². The molecule has 2 aliphatic rings. The Kier molecular flexibility index (Phi) is 4.19. The summed E-state index contributed by atoms with van der Waals surface area (Å²) in [6.07, 6.45) is 7.78. The summed E-state index contributed by atoms with van der Waals surface area (Å²) >= 11 is 0. The van der Waals surface area contributed by atoms with Crippen molar-refractivity contribution in [1.82, 2.24) is 19.7 Å². The number of aromatic nitrogens is 3. The highest BCUT2D eigenvalue weighted by Gasteiger charge is 2.42. The molecule has 0 spiro atoms. The Morgan fingerprint density at radius 3 is 2.84 bits per heavy atom. The minimum atomic E-state index is -3.14. The minimum Gasteiger partial charge on any atom is -0.356 e. The molecular weight excluding hydrogens is 338 g/mol. The van der Waals surface area contributed by atoms with Gasteiger partial charge in [-0.2, -0.15) is 0 Å². The number of H-pyrrole nitrogens is 1. The van der Waals surface area contributed by atoms with Crippen LogP contribution in [0, 0.1) is 5.92 Å². The highest BCUT2D eigenvalue weighted by molar-refractivity contribution is 7.90. The van der Waals surface area contributed by atoms with Gasteiger partial charge >= 0.3 is 0 Å². The molecule has 2 N–H and O–H groups in total. The van der Waals surface area contributed by atoms with Gasteiger partial charge in [-0.15, -0.1) is 0 Å². The second kappa shape index (κ2) is 6.25. The van der Waals surface area contributed by atoms with Crippen LogP contribution in [-0.4, -0.2) is 47.8 Å². The van der Waals surface area contributed by atoms with Gasteiger partial charge in [-0.05, 0) is 37.7 Å². The summed E-state index contributed by atoms with van der Waals surface area (Å²) in [6.45, 7) is 2.18. The molecule has 2 fully saturated rings. The molecule has 0 amide bonds. The molecule has 4 rings (SSSR count). The Morgan fingerprint density at radius 1 is 1.32 bits per heavy atom. The van der Waals surface area contributed by atoms with Gasteiger partial charge in [0.1, 0.15) is 17.8 Å². The molecule has 0 unspecified atom stereocenters. The summed E-state index contributed by atoms with van der Waals surface area (Å²) in [5.74, 6) is 1.35. The van der Waals surface area contributed by atoms with E-state index in [9.17, 15) is 8.42 Å². The van der Waals surface area contributed by atoms with Crippen LogP contribution in [-0.2, 0) is 10.0 Å². The van der Waals surface area contributed by atoms with Gasteiger partial charge < -0.3 is 9.88 Å². The first kappa shape index (κ1) is 16.8. The van der Waals surface area contributed by atoms with Crippen LogP contribution in [0.3, 0.4) is 0 Å². The Hall–Kier alpha value is -1.67. The first-order valence-corrected chi connectivity index (χ1v) is 10.6. The van der Waals surface area contributed by atoms with Crippen molar-refractivity contribution in [3.05, 3.63) is 18.6 Å². The highest BCUT2D eigenvalue weighted by Crippen LogP contribution is 2.37. The lowest BCUT2D eigenvalue weighted by molar-refractivity contribution is 0.447. The van der Waals surface area contributed by atoms with E-state index >= 15 is 0 Å². The fraction of sp³-hybridized carbons (Fsp3) is 0.647. The number of nitrogens with zero attached hydrogens (tertiary/aromatic N) is 3. The van der Waals surface area contributed by atoms with Crippen molar-refractivity contribution in [2.75, 3.05) is 11.9 Å². The molecule has 7 nitrogen and oxygen atoms in total. The molecule has 3 atom stereocenters. The topological polar surface area (TPSA) is 91.0 Å². The van der Waals surface area contributed by atoms with Crippen molar-refractivity contribution in [3.8, 4) is 0 Å². The lowest BCUT2D eigenvalue weighted by Gasteiger charge is -2.30. The number of rotatable bonds is 6. The van der Waals surface area contributed by atoms with Gasteiger partial charge in [-0.1, -0.05) is 13.3 Å². The van der Waals surface area contributed by atoms with E-state index in [4.69, 9.17) is 0 Å². The summed E-state index contributed by atoms with van der Waals surface area (Å²) in [7, 11) is -1.09. The van der Waals surface area contributed by atoms with Crippen molar-refractivity contribution < 1.29 is 8.42 Å². The molecule has 0 aliphatic heterocycles. The standard InChI is InChI=1S/C17H25N5O2S/c1-3-11-8-12(21-25(23,24)13-4-5-13)9-15(11)22(2)17-14-6-7-18-16(14)19-10-20-17/h6-7,10-13,15,21H,3-5,8-9H2,1-2H3,(H,18,19,20)/t11-,12+,15+/m1/s1. The molecule has 2 aromatic rings. The second-order valence-corrected chi connectivity index (χ2v) is 9.31. The van der Waals surface area contributed by atoms with Crippen LogP contribution >= 0.6 is 0 Å². The quantitative estimate of drug-likeness (QED) is 0.819. The third kappa shape index (κ3) is 3.13. The summed E-state index contributed by atoms with van der Waals surface area (Å²) in [5, 5.41) is 0.840. The van der Waals surface area contributed by atoms with Crippen LogP contribution in [0.5, 0.6) is 0 Å². The number of hydrogen-bond acceptors (Lipinski definition) is 5. The van der Waals surface area contributed by atoms with Crippen molar-refractivity contribution in [1.29, 1.82) is 0 Å². The zero-order valence-corrected chi connectivity index (χ0v) is 15.5. The van der Waals surface area contributed by atoms with Crippen LogP contribution in [0.15, 0.2) is 18.6 Å². The van der Waals surface area contributed by atoms with E-state index in [2.05, 4.69) is 38.5 Å². The smallest absolute Gasteiger partial charge is 0.214 e. The van der Waals surface area contributed by atoms with Crippen molar-refractivity contribution in [3.63, 3.8) is 0 Å². The Labute approximate surface area is 148 Å². The number of nitrogens with one attached hydrogen (secondary N) is 2. The largest absolute Gasteiger partial charge is 0.356 e. The van der Waals surface area contributed by atoms with Crippen molar-refractivity contribution in [2.24, 2.45) is 5.92 Å². The predicted molar refractivity (Wildman–Crippen MR) is 98.0 cm³/mol. The van der Waals surface area contributed by atoms with Gasteiger partial charge in [0.25, 0.3) is 0 Å². The Bertz CT molecular complexity index is 861. The van der Waals surface area contributed by atoms with Crippen molar-refractivity contribution in [2.45, 2.75) is 56.4 Å². The number of anilines is 1. The van der Waals surface area contributed by atoms with E-state index in [1.54, 1.807) is 6.33 Å². The number of sulfonamides is 1. The number of hydrogen-bond donors (Lipinski definition) is 2. The lowest BCUT2D eigenvalue weighted by Crippen LogP contribution is -2.38. The molecule has 0 aromatic carbocycles. The summed E-state index contributed by atoms with van der Waals surface area (Å²) in [4.78, 5) is 14.1. The SMILES string of the molecule is CC[C@@H]1C[C@H](NS(=O)(=O)C2CC2)C[C@@H]1N(C)c1ncnc2[nH]ccc12. The van der Waals surface area contributed by atoms with E-state index in [1.807, 2.05) is 12.3 Å². The first-order chi connectivity index (χ1) is 12.0.